The van der Waals surface area contributed by atoms with E-state index in [-0.39, 0.29) is 34.9 Å². The summed E-state index contributed by atoms with van der Waals surface area (Å²) in [5.41, 5.74) is 0.459. The Morgan fingerprint density at radius 1 is 1.05 bits per heavy atom. The molecule has 0 radical (unpaired) electrons. The Kier molecular flexibility index (Phi) is 8.81. The van der Waals surface area contributed by atoms with Crippen molar-refractivity contribution in [1.82, 2.24) is 19.6 Å². The normalized spacial score (nSPS) is 13.2. The monoisotopic (exact) mass is 589 g/mol. The Balaban J connectivity index is 1.82. The SMILES string of the molecule is COc1ccc(CO[C@H](C)c2cc(F)ccc2-n2nc(C(F)F)cc2C(OS(C)(=O)=O)c2cc(C#N)nn2C)cc1. The van der Waals surface area contributed by atoms with Crippen LogP contribution >= 0.6 is 0 Å². The predicted molar refractivity (Wildman–Crippen MR) is 140 cm³/mol. The summed E-state index contributed by atoms with van der Waals surface area (Å²) in [6.45, 7) is 1.80. The summed E-state index contributed by atoms with van der Waals surface area (Å²) >= 11 is 0. The van der Waals surface area contributed by atoms with Crippen molar-refractivity contribution in [2.24, 2.45) is 7.05 Å². The highest BCUT2D eigenvalue weighted by Crippen LogP contribution is 2.35. The first kappa shape index (κ1) is 29.8. The standard InChI is InChI=1S/C27H26F3N5O5S/c1-16(39-15-17-5-8-20(38-3)9-6-17)21-11-18(28)7-10-23(21)35-25(13-22(33-35)27(29)30)26(40-41(4,36)37)24-12-19(14-31)32-34(24)2/h5-13,16,26-27H,15H2,1-4H3/t16-,26?/m1/s1. The fourth-order valence-electron chi connectivity index (χ4n) is 4.18. The van der Waals surface area contributed by atoms with Gasteiger partial charge in [0.2, 0.25) is 0 Å². The molecule has 2 heterocycles. The minimum absolute atomic E-state index is 0.0484. The molecule has 0 spiro atoms. The molecule has 0 aliphatic carbocycles. The quantitative estimate of drug-likeness (QED) is 0.226. The average Bonchev–Trinajstić information content (AvgIpc) is 3.54. The topological polar surface area (TPSA) is 121 Å². The fraction of sp³-hybridized carbons (Fsp3) is 0.296. The van der Waals surface area contributed by atoms with Gasteiger partial charge < -0.3 is 9.47 Å². The van der Waals surface area contributed by atoms with E-state index in [0.717, 1.165) is 28.6 Å². The Morgan fingerprint density at radius 3 is 2.34 bits per heavy atom. The van der Waals surface area contributed by atoms with E-state index in [1.165, 1.54) is 29.9 Å². The smallest absolute Gasteiger partial charge is 0.282 e. The third-order valence-electron chi connectivity index (χ3n) is 6.13. The molecule has 1 unspecified atom stereocenters. The summed E-state index contributed by atoms with van der Waals surface area (Å²) in [6, 6.07) is 14.9. The van der Waals surface area contributed by atoms with Crippen LogP contribution in [0.1, 0.15) is 59.5 Å². The van der Waals surface area contributed by atoms with Crippen molar-refractivity contribution in [2.45, 2.75) is 32.2 Å². The first-order chi connectivity index (χ1) is 19.4. The van der Waals surface area contributed by atoms with Crippen LogP contribution in [0.3, 0.4) is 0 Å². The van der Waals surface area contributed by atoms with Gasteiger partial charge in [0, 0.05) is 18.7 Å². The predicted octanol–water partition coefficient (Wildman–Crippen LogP) is 4.91. The number of nitriles is 1. The number of ether oxygens (including phenoxy) is 2. The molecule has 2 atom stereocenters. The van der Waals surface area contributed by atoms with Crippen molar-refractivity contribution in [3.05, 3.63) is 94.3 Å². The maximum Gasteiger partial charge on any atom is 0.282 e. The maximum absolute atomic E-state index is 14.5. The van der Waals surface area contributed by atoms with Crippen molar-refractivity contribution < 1.29 is 35.2 Å². The molecule has 2 aromatic heterocycles. The minimum atomic E-state index is -4.17. The average molecular weight is 590 g/mol. The second-order valence-electron chi connectivity index (χ2n) is 9.08. The van der Waals surface area contributed by atoms with Gasteiger partial charge in [-0.15, -0.1) is 0 Å². The van der Waals surface area contributed by atoms with Gasteiger partial charge in [-0.25, -0.2) is 17.9 Å². The van der Waals surface area contributed by atoms with Gasteiger partial charge in [-0.05, 0) is 48.9 Å². The summed E-state index contributed by atoms with van der Waals surface area (Å²) in [5, 5.41) is 17.3. The summed E-state index contributed by atoms with van der Waals surface area (Å²) in [4.78, 5) is 0. The lowest BCUT2D eigenvalue weighted by atomic mass is 10.1. The number of rotatable bonds is 11. The van der Waals surface area contributed by atoms with Crippen molar-refractivity contribution >= 4 is 10.1 Å². The molecule has 4 rings (SSSR count). The minimum Gasteiger partial charge on any atom is -0.497 e. The van der Waals surface area contributed by atoms with Crippen molar-refractivity contribution in [3.63, 3.8) is 0 Å². The van der Waals surface area contributed by atoms with Crippen LogP contribution in [0.25, 0.3) is 5.69 Å². The van der Waals surface area contributed by atoms with E-state index in [0.29, 0.717) is 5.75 Å². The number of benzene rings is 2. The summed E-state index contributed by atoms with van der Waals surface area (Å²) < 4.78 is 85.6. The molecule has 0 N–H and O–H groups in total. The van der Waals surface area contributed by atoms with E-state index < -0.39 is 40.3 Å². The largest absolute Gasteiger partial charge is 0.497 e. The maximum atomic E-state index is 14.5. The number of nitrogens with zero attached hydrogens (tertiary/aromatic N) is 5. The third-order valence-corrected chi connectivity index (χ3v) is 6.68. The van der Waals surface area contributed by atoms with Gasteiger partial charge in [-0.2, -0.15) is 23.9 Å². The van der Waals surface area contributed by atoms with E-state index in [9.17, 15) is 26.9 Å². The lowest BCUT2D eigenvalue weighted by molar-refractivity contribution is 0.0522. The molecule has 0 saturated carbocycles. The van der Waals surface area contributed by atoms with Crippen LogP contribution in [0, 0.1) is 17.1 Å². The van der Waals surface area contributed by atoms with Gasteiger partial charge in [0.25, 0.3) is 16.5 Å². The van der Waals surface area contributed by atoms with Gasteiger partial charge in [-0.1, -0.05) is 12.1 Å². The van der Waals surface area contributed by atoms with E-state index in [2.05, 4.69) is 10.2 Å². The molecule has 14 heteroatoms. The van der Waals surface area contributed by atoms with E-state index in [1.807, 2.05) is 6.07 Å². The number of aromatic nitrogens is 4. The van der Waals surface area contributed by atoms with Crippen LogP contribution < -0.4 is 4.74 Å². The first-order valence-corrected chi connectivity index (χ1v) is 14.0. The molecule has 0 amide bonds. The van der Waals surface area contributed by atoms with Gasteiger partial charge in [0.05, 0.1) is 43.2 Å². The van der Waals surface area contributed by atoms with Crippen LogP contribution in [0.4, 0.5) is 13.2 Å². The number of halogens is 3. The zero-order valence-electron chi connectivity index (χ0n) is 22.5. The Hall–Kier alpha value is -4.19. The summed E-state index contributed by atoms with van der Waals surface area (Å²) in [5.74, 6) is 0.0529. The molecule has 41 heavy (non-hydrogen) atoms. The highest BCUT2D eigenvalue weighted by molar-refractivity contribution is 7.86. The van der Waals surface area contributed by atoms with E-state index in [1.54, 1.807) is 38.3 Å². The molecule has 2 aromatic carbocycles. The molecular formula is C27H26F3N5O5S. The second-order valence-corrected chi connectivity index (χ2v) is 10.7. The molecular weight excluding hydrogens is 563 g/mol. The van der Waals surface area contributed by atoms with Crippen LogP contribution in [-0.2, 0) is 32.7 Å². The molecule has 10 nitrogen and oxygen atoms in total. The van der Waals surface area contributed by atoms with Crippen LogP contribution in [0.2, 0.25) is 0 Å². The molecule has 0 saturated heterocycles. The Bertz CT molecular complexity index is 1680. The lowest BCUT2D eigenvalue weighted by Gasteiger charge is -2.22. The highest BCUT2D eigenvalue weighted by atomic mass is 32.2. The number of methoxy groups -OCH3 is 1. The molecule has 4 aromatic rings. The van der Waals surface area contributed by atoms with Crippen LogP contribution in [-0.4, -0.2) is 41.3 Å². The molecule has 0 fully saturated rings. The number of hydrogen-bond donors (Lipinski definition) is 0. The Morgan fingerprint density at radius 2 is 1.76 bits per heavy atom. The van der Waals surface area contributed by atoms with Gasteiger partial charge >= 0.3 is 0 Å². The third kappa shape index (κ3) is 6.94. The zero-order chi connectivity index (χ0) is 29.9. The Labute approximate surface area is 234 Å². The van der Waals surface area contributed by atoms with E-state index >= 15 is 0 Å². The molecule has 0 aliphatic heterocycles. The molecule has 216 valence electrons. The van der Waals surface area contributed by atoms with E-state index in [4.69, 9.17) is 13.7 Å². The van der Waals surface area contributed by atoms with Gasteiger partial charge in [-0.3, -0.25) is 8.86 Å². The molecule has 0 aliphatic rings. The highest BCUT2D eigenvalue weighted by Gasteiger charge is 2.31. The number of hydrogen-bond acceptors (Lipinski definition) is 8. The van der Waals surface area contributed by atoms with Crippen LogP contribution in [0.5, 0.6) is 5.75 Å². The number of aryl methyl sites for hydroxylation is 1. The van der Waals surface area contributed by atoms with Gasteiger partial charge in [0.15, 0.2) is 11.8 Å². The van der Waals surface area contributed by atoms with Crippen molar-refractivity contribution in [2.75, 3.05) is 13.4 Å². The first-order valence-electron chi connectivity index (χ1n) is 12.1. The zero-order valence-corrected chi connectivity index (χ0v) is 23.3. The van der Waals surface area contributed by atoms with Crippen LogP contribution in [0.15, 0.2) is 54.6 Å². The van der Waals surface area contributed by atoms with Crippen molar-refractivity contribution in [3.8, 4) is 17.5 Å². The second kappa shape index (κ2) is 12.1. The van der Waals surface area contributed by atoms with Gasteiger partial charge in [0.1, 0.15) is 23.3 Å². The number of alkyl halides is 2. The summed E-state index contributed by atoms with van der Waals surface area (Å²) in [6.07, 6.45) is -4.51. The summed E-state index contributed by atoms with van der Waals surface area (Å²) in [7, 11) is -1.18. The fourth-order valence-corrected chi connectivity index (χ4v) is 4.73. The molecule has 0 bridgehead atoms. The lowest BCUT2D eigenvalue weighted by Crippen LogP contribution is -2.19. The van der Waals surface area contributed by atoms with Crippen molar-refractivity contribution in [1.29, 1.82) is 5.26 Å².